The number of hydrogen-bond acceptors (Lipinski definition) is 2. The van der Waals surface area contributed by atoms with Crippen molar-refractivity contribution in [2.75, 3.05) is 0 Å². The normalized spacial score (nSPS) is 16.3. The van der Waals surface area contributed by atoms with Crippen molar-refractivity contribution in [2.45, 2.75) is 38.1 Å². The summed E-state index contributed by atoms with van der Waals surface area (Å²) in [5.41, 5.74) is 0.561. The van der Waals surface area contributed by atoms with Crippen molar-refractivity contribution in [1.82, 2.24) is 5.32 Å². The molecule has 1 atom stereocenters. The van der Waals surface area contributed by atoms with Crippen LogP contribution in [0.2, 0.25) is 0 Å². The molecule has 0 aromatic heterocycles. The number of rotatable bonds is 4. The zero-order valence-corrected chi connectivity index (χ0v) is 15.2. The van der Waals surface area contributed by atoms with E-state index in [1.807, 2.05) is 48.5 Å². The Balaban J connectivity index is 1.77. The third kappa shape index (κ3) is 3.39. The van der Waals surface area contributed by atoms with E-state index in [4.69, 9.17) is 0 Å². The van der Waals surface area contributed by atoms with Crippen LogP contribution in [0.1, 0.15) is 42.5 Å². The molecule has 0 saturated heterocycles. The Morgan fingerprint density at radius 2 is 1.44 bits per heavy atom. The summed E-state index contributed by atoms with van der Waals surface area (Å²) in [6.07, 6.45) is 4.91. The Bertz CT molecular complexity index is 951. The van der Waals surface area contributed by atoms with Crippen molar-refractivity contribution in [3.63, 3.8) is 0 Å². The van der Waals surface area contributed by atoms with Gasteiger partial charge >= 0.3 is 5.97 Å². The monoisotopic (exact) mass is 361 g/mol. The topological polar surface area (TPSA) is 66.4 Å². The highest BCUT2D eigenvalue weighted by Gasteiger charge is 2.31. The lowest BCUT2D eigenvalue weighted by molar-refractivity contribution is -0.141. The van der Waals surface area contributed by atoms with Gasteiger partial charge in [-0.2, -0.15) is 0 Å². The van der Waals surface area contributed by atoms with Gasteiger partial charge in [-0.3, -0.25) is 4.79 Å². The summed E-state index contributed by atoms with van der Waals surface area (Å²) >= 11 is 0. The minimum absolute atomic E-state index is 0.00133. The van der Waals surface area contributed by atoms with E-state index < -0.39 is 12.0 Å². The molecule has 1 saturated carbocycles. The number of carbonyl (C=O) groups excluding carboxylic acids is 1. The first-order chi connectivity index (χ1) is 13.1. The Morgan fingerprint density at radius 3 is 2.00 bits per heavy atom. The molecule has 0 heterocycles. The molecule has 27 heavy (non-hydrogen) atoms. The second-order valence-electron chi connectivity index (χ2n) is 7.38. The van der Waals surface area contributed by atoms with Gasteiger partial charge in [-0.05, 0) is 46.4 Å². The summed E-state index contributed by atoms with van der Waals surface area (Å²) in [4.78, 5) is 25.1. The van der Waals surface area contributed by atoms with E-state index in [0.29, 0.717) is 5.56 Å². The Hall–Kier alpha value is -2.88. The maximum Gasteiger partial charge on any atom is 0.326 e. The van der Waals surface area contributed by atoms with Gasteiger partial charge in [-0.1, -0.05) is 67.8 Å². The SMILES string of the molecule is O=C(N[C@H](C(=O)O)C1CCCCC1)c1c2ccccc2cc2ccccc12. The fraction of sp³-hybridized carbons (Fsp3) is 0.304. The average molecular weight is 361 g/mol. The number of hydrogen-bond donors (Lipinski definition) is 2. The summed E-state index contributed by atoms with van der Waals surface area (Å²) in [5, 5.41) is 16.2. The van der Waals surface area contributed by atoms with Crippen LogP contribution in [-0.2, 0) is 4.79 Å². The zero-order valence-electron chi connectivity index (χ0n) is 15.2. The fourth-order valence-corrected chi connectivity index (χ4v) is 4.32. The standard InChI is InChI=1S/C23H23NO3/c25-22(24-21(23(26)27)15-8-2-1-3-9-15)20-18-12-6-4-10-16(18)14-17-11-5-7-13-19(17)20/h4-7,10-15,21H,1-3,8-9H2,(H,24,25)(H,26,27)/t21-/m0/s1. The van der Waals surface area contributed by atoms with E-state index in [1.54, 1.807) is 0 Å². The first-order valence-electron chi connectivity index (χ1n) is 9.59. The van der Waals surface area contributed by atoms with E-state index in [-0.39, 0.29) is 11.8 Å². The Labute approximate surface area is 158 Å². The van der Waals surface area contributed by atoms with Crippen LogP contribution < -0.4 is 5.32 Å². The van der Waals surface area contributed by atoms with Crippen LogP contribution in [0.15, 0.2) is 54.6 Å². The minimum atomic E-state index is -0.945. The molecule has 1 amide bonds. The number of benzene rings is 3. The van der Waals surface area contributed by atoms with Crippen LogP contribution >= 0.6 is 0 Å². The van der Waals surface area contributed by atoms with Gasteiger partial charge in [0, 0.05) is 0 Å². The average Bonchev–Trinajstić information content (AvgIpc) is 2.70. The molecule has 1 aliphatic rings. The van der Waals surface area contributed by atoms with E-state index in [1.165, 1.54) is 0 Å². The molecular weight excluding hydrogens is 338 g/mol. The molecule has 3 aromatic carbocycles. The van der Waals surface area contributed by atoms with Gasteiger partial charge in [-0.25, -0.2) is 4.79 Å². The number of carboxylic acids is 1. The van der Waals surface area contributed by atoms with Gasteiger partial charge in [-0.15, -0.1) is 0 Å². The van der Waals surface area contributed by atoms with Crippen molar-refractivity contribution in [3.8, 4) is 0 Å². The second kappa shape index (κ2) is 7.39. The molecule has 4 rings (SSSR count). The molecule has 0 spiro atoms. The van der Waals surface area contributed by atoms with Crippen molar-refractivity contribution < 1.29 is 14.7 Å². The third-order valence-electron chi connectivity index (χ3n) is 5.67. The number of amides is 1. The lowest BCUT2D eigenvalue weighted by atomic mass is 9.83. The van der Waals surface area contributed by atoms with Gasteiger partial charge in [0.15, 0.2) is 0 Å². The number of aliphatic carboxylic acids is 1. The van der Waals surface area contributed by atoms with Crippen molar-refractivity contribution >= 4 is 33.4 Å². The predicted molar refractivity (Wildman–Crippen MR) is 107 cm³/mol. The number of carbonyl (C=O) groups is 2. The highest BCUT2D eigenvalue weighted by molar-refractivity contribution is 6.18. The Morgan fingerprint density at radius 1 is 0.889 bits per heavy atom. The smallest absolute Gasteiger partial charge is 0.326 e. The molecular formula is C23H23NO3. The molecule has 3 aromatic rings. The van der Waals surface area contributed by atoms with Gasteiger partial charge < -0.3 is 10.4 Å². The highest BCUT2D eigenvalue weighted by Crippen LogP contribution is 2.30. The first-order valence-corrected chi connectivity index (χ1v) is 9.59. The molecule has 0 aliphatic heterocycles. The van der Waals surface area contributed by atoms with Crippen LogP contribution in [0.4, 0.5) is 0 Å². The van der Waals surface area contributed by atoms with Crippen molar-refractivity contribution in [2.24, 2.45) is 5.92 Å². The maximum atomic E-state index is 13.3. The van der Waals surface area contributed by atoms with E-state index >= 15 is 0 Å². The Kier molecular flexibility index (Phi) is 4.80. The van der Waals surface area contributed by atoms with E-state index in [0.717, 1.165) is 53.6 Å². The maximum absolute atomic E-state index is 13.3. The molecule has 2 N–H and O–H groups in total. The minimum Gasteiger partial charge on any atom is -0.480 e. The predicted octanol–water partition coefficient (Wildman–Crippen LogP) is 4.76. The fourth-order valence-electron chi connectivity index (χ4n) is 4.32. The molecule has 0 unspecified atom stereocenters. The van der Waals surface area contributed by atoms with Gasteiger partial charge in [0.2, 0.25) is 0 Å². The summed E-state index contributed by atoms with van der Waals surface area (Å²) in [5.74, 6) is -1.25. The lowest BCUT2D eigenvalue weighted by Gasteiger charge is -2.28. The zero-order chi connectivity index (χ0) is 18.8. The third-order valence-corrected chi connectivity index (χ3v) is 5.67. The molecule has 1 fully saturated rings. The van der Waals surface area contributed by atoms with E-state index in [2.05, 4.69) is 11.4 Å². The first kappa shape index (κ1) is 17.5. The largest absolute Gasteiger partial charge is 0.480 e. The quantitative estimate of drug-likeness (QED) is 0.659. The summed E-state index contributed by atoms with van der Waals surface area (Å²) in [6.45, 7) is 0. The van der Waals surface area contributed by atoms with Crippen molar-refractivity contribution in [1.29, 1.82) is 0 Å². The van der Waals surface area contributed by atoms with Crippen LogP contribution in [0.25, 0.3) is 21.5 Å². The molecule has 4 heteroatoms. The van der Waals surface area contributed by atoms with Crippen LogP contribution in [0.5, 0.6) is 0 Å². The number of nitrogens with one attached hydrogen (secondary N) is 1. The van der Waals surface area contributed by atoms with Crippen molar-refractivity contribution in [3.05, 3.63) is 60.2 Å². The molecule has 0 bridgehead atoms. The molecule has 1 aliphatic carbocycles. The molecule has 138 valence electrons. The summed E-state index contributed by atoms with van der Waals surface area (Å²) in [7, 11) is 0. The van der Waals surface area contributed by atoms with Gasteiger partial charge in [0.1, 0.15) is 6.04 Å². The van der Waals surface area contributed by atoms with Gasteiger partial charge in [0.05, 0.1) is 5.56 Å². The van der Waals surface area contributed by atoms with Crippen LogP contribution in [0.3, 0.4) is 0 Å². The lowest BCUT2D eigenvalue weighted by Crippen LogP contribution is -2.46. The number of carboxylic acid groups (broad SMARTS) is 1. The summed E-state index contributed by atoms with van der Waals surface area (Å²) in [6, 6.07) is 16.7. The van der Waals surface area contributed by atoms with Crippen LogP contribution in [0, 0.1) is 5.92 Å². The highest BCUT2D eigenvalue weighted by atomic mass is 16.4. The molecule has 4 nitrogen and oxygen atoms in total. The second-order valence-corrected chi connectivity index (χ2v) is 7.38. The molecule has 0 radical (unpaired) electrons. The summed E-state index contributed by atoms with van der Waals surface area (Å²) < 4.78 is 0. The number of fused-ring (bicyclic) bond motifs is 2. The van der Waals surface area contributed by atoms with Crippen LogP contribution in [-0.4, -0.2) is 23.0 Å². The van der Waals surface area contributed by atoms with Gasteiger partial charge in [0.25, 0.3) is 5.91 Å². The van der Waals surface area contributed by atoms with E-state index in [9.17, 15) is 14.7 Å².